The van der Waals surface area contributed by atoms with Crippen LogP contribution in [0.5, 0.6) is 0 Å². The van der Waals surface area contributed by atoms with Crippen molar-refractivity contribution in [3.8, 4) is 0 Å². The summed E-state index contributed by atoms with van der Waals surface area (Å²) in [6.45, 7) is 6.30. The van der Waals surface area contributed by atoms with E-state index in [0.29, 0.717) is 6.54 Å². The van der Waals surface area contributed by atoms with Gasteiger partial charge in [0.25, 0.3) is 0 Å². The number of carbonyl (C=O) groups is 2. The second-order valence-corrected chi connectivity index (χ2v) is 5.51. The number of nitrogens with one attached hydrogen (secondary N) is 1. The van der Waals surface area contributed by atoms with E-state index in [0.717, 1.165) is 12.0 Å². The molecule has 1 aromatic rings. The van der Waals surface area contributed by atoms with Gasteiger partial charge in [-0.15, -0.1) is 0 Å². The summed E-state index contributed by atoms with van der Waals surface area (Å²) in [5.74, 6) is 0.108. The maximum absolute atomic E-state index is 12.4. The van der Waals surface area contributed by atoms with E-state index in [2.05, 4.69) is 5.32 Å². The van der Waals surface area contributed by atoms with Crippen LogP contribution >= 0.6 is 0 Å². The van der Waals surface area contributed by atoms with Gasteiger partial charge in [0, 0.05) is 6.54 Å². The van der Waals surface area contributed by atoms with E-state index >= 15 is 0 Å². The Morgan fingerprint density at radius 2 is 1.90 bits per heavy atom. The van der Waals surface area contributed by atoms with Crippen LogP contribution in [-0.2, 0) is 16.1 Å². The Labute approximate surface area is 120 Å². The molecular formula is C16H22N2O2. The van der Waals surface area contributed by atoms with Crippen molar-refractivity contribution in [2.75, 3.05) is 0 Å². The van der Waals surface area contributed by atoms with Gasteiger partial charge < -0.3 is 10.2 Å². The number of piperazine rings is 1. The minimum absolute atomic E-state index is 0.00115. The SMILES string of the molecule is CCC(C)C1C(=O)NC(C)C(=O)N1Cc1ccccc1. The quantitative estimate of drug-likeness (QED) is 0.912. The van der Waals surface area contributed by atoms with Crippen molar-refractivity contribution in [3.63, 3.8) is 0 Å². The van der Waals surface area contributed by atoms with E-state index in [1.807, 2.05) is 44.2 Å². The van der Waals surface area contributed by atoms with Crippen molar-refractivity contribution in [1.29, 1.82) is 0 Å². The van der Waals surface area contributed by atoms with Crippen LogP contribution < -0.4 is 5.32 Å². The van der Waals surface area contributed by atoms with Crippen molar-refractivity contribution in [2.45, 2.75) is 45.8 Å². The molecule has 4 heteroatoms. The smallest absolute Gasteiger partial charge is 0.245 e. The van der Waals surface area contributed by atoms with Crippen LogP contribution in [0.4, 0.5) is 0 Å². The average Bonchev–Trinajstić information content (AvgIpc) is 2.45. The number of rotatable bonds is 4. The highest BCUT2D eigenvalue weighted by Crippen LogP contribution is 2.22. The van der Waals surface area contributed by atoms with E-state index in [-0.39, 0.29) is 23.8 Å². The number of hydrogen-bond acceptors (Lipinski definition) is 2. The third kappa shape index (κ3) is 2.84. The molecule has 20 heavy (non-hydrogen) atoms. The first kappa shape index (κ1) is 14.6. The standard InChI is InChI=1S/C16H22N2O2/c1-4-11(2)14-15(19)17-12(3)16(20)18(14)10-13-8-6-5-7-9-13/h5-9,11-12,14H,4,10H2,1-3H3,(H,17,19). The van der Waals surface area contributed by atoms with Gasteiger partial charge in [-0.2, -0.15) is 0 Å². The molecule has 0 bridgehead atoms. The Bertz CT molecular complexity index is 487. The lowest BCUT2D eigenvalue weighted by atomic mass is 9.93. The third-order valence-electron chi connectivity index (χ3n) is 4.00. The van der Waals surface area contributed by atoms with Crippen LogP contribution in [0, 0.1) is 5.92 Å². The van der Waals surface area contributed by atoms with Gasteiger partial charge in [0.1, 0.15) is 12.1 Å². The first-order valence-electron chi connectivity index (χ1n) is 7.19. The number of hydrogen-bond donors (Lipinski definition) is 1. The first-order valence-corrected chi connectivity index (χ1v) is 7.19. The van der Waals surface area contributed by atoms with Gasteiger partial charge in [-0.05, 0) is 18.4 Å². The minimum atomic E-state index is -0.438. The highest BCUT2D eigenvalue weighted by molar-refractivity contribution is 5.96. The summed E-state index contributed by atoms with van der Waals surface area (Å²) in [4.78, 5) is 26.4. The molecule has 2 amide bonds. The Hall–Kier alpha value is -1.84. The van der Waals surface area contributed by atoms with Crippen molar-refractivity contribution in [3.05, 3.63) is 35.9 Å². The summed E-state index contributed by atoms with van der Waals surface area (Å²) >= 11 is 0. The molecular weight excluding hydrogens is 252 g/mol. The molecule has 108 valence electrons. The van der Waals surface area contributed by atoms with Gasteiger partial charge in [0.2, 0.25) is 11.8 Å². The van der Waals surface area contributed by atoms with Gasteiger partial charge in [0.15, 0.2) is 0 Å². The molecule has 1 aliphatic rings. The van der Waals surface area contributed by atoms with Crippen LogP contribution in [0.25, 0.3) is 0 Å². The average molecular weight is 274 g/mol. The zero-order valence-corrected chi connectivity index (χ0v) is 12.3. The van der Waals surface area contributed by atoms with Crippen molar-refractivity contribution < 1.29 is 9.59 Å². The molecule has 1 aliphatic heterocycles. The summed E-state index contributed by atoms with van der Waals surface area (Å²) < 4.78 is 0. The fourth-order valence-corrected chi connectivity index (χ4v) is 2.63. The molecule has 1 saturated heterocycles. The third-order valence-corrected chi connectivity index (χ3v) is 4.00. The molecule has 1 fully saturated rings. The molecule has 0 aromatic heterocycles. The number of nitrogens with zero attached hydrogens (tertiary/aromatic N) is 1. The molecule has 4 nitrogen and oxygen atoms in total. The van der Waals surface area contributed by atoms with Gasteiger partial charge in [-0.3, -0.25) is 9.59 Å². The van der Waals surface area contributed by atoms with E-state index in [4.69, 9.17) is 0 Å². The van der Waals surface area contributed by atoms with Crippen LogP contribution in [-0.4, -0.2) is 28.8 Å². The van der Waals surface area contributed by atoms with E-state index in [1.165, 1.54) is 0 Å². The zero-order chi connectivity index (χ0) is 14.7. The van der Waals surface area contributed by atoms with Crippen LogP contribution in [0.3, 0.4) is 0 Å². The predicted molar refractivity (Wildman–Crippen MR) is 77.8 cm³/mol. The predicted octanol–water partition coefficient (Wildman–Crippen LogP) is 1.95. The zero-order valence-electron chi connectivity index (χ0n) is 12.3. The molecule has 1 heterocycles. The Balaban J connectivity index is 2.27. The monoisotopic (exact) mass is 274 g/mol. The summed E-state index contributed by atoms with van der Waals surface area (Å²) in [6.07, 6.45) is 0.866. The van der Waals surface area contributed by atoms with Crippen molar-refractivity contribution in [1.82, 2.24) is 10.2 Å². The summed E-state index contributed by atoms with van der Waals surface area (Å²) in [7, 11) is 0. The second-order valence-electron chi connectivity index (χ2n) is 5.51. The van der Waals surface area contributed by atoms with Gasteiger partial charge in [-0.25, -0.2) is 0 Å². The summed E-state index contributed by atoms with van der Waals surface area (Å²) in [6, 6.07) is 9.01. The molecule has 3 atom stereocenters. The Morgan fingerprint density at radius 1 is 1.25 bits per heavy atom. The van der Waals surface area contributed by atoms with Crippen molar-refractivity contribution >= 4 is 11.8 Å². The number of benzene rings is 1. The van der Waals surface area contributed by atoms with E-state index < -0.39 is 6.04 Å². The van der Waals surface area contributed by atoms with E-state index in [1.54, 1.807) is 11.8 Å². The first-order chi connectivity index (χ1) is 9.54. The lowest BCUT2D eigenvalue weighted by molar-refractivity contribution is -0.151. The molecule has 1 aromatic carbocycles. The fraction of sp³-hybridized carbons (Fsp3) is 0.500. The summed E-state index contributed by atoms with van der Waals surface area (Å²) in [5.41, 5.74) is 1.05. The topological polar surface area (TPSA) is 49.4 Å². The van der Waals surface area contributed by atoms with Crippen LogP contribution in [0.15, 0.2) is 30.3 Å². The highest BCUT2D eigenvalue weighted by Gasteiger charge is 2.40. The fourth-order valence-electron chi connectivity index (χ4n) is 2.63. The minimum Gasteiger partial charge on any atom is -0.343 e. The number of carbonyl (C=O) groups excluding carboxylic acids is 2. The molecule has 2 rings (SSSR count). The lowest BCUT2D eigenvalue weighted by Crippen LogP contribution is -2.63. The Morgan fingerprint density at radius 3 is 2.50 bits per heavy atom. The van der Waals surface area contributed by atoms with E-state index in [9.17, 15) is 9.59 Å². The number of amides is 2. The Kier molecular flexibility index (Phi) is 4.42. The molecule has 0 aliphatic carbocycles. The molecule has 0 saturated carbocycles. The molecule has 1 N–H and O–H groups in total. The second kappa shape index (κ2) is 6.07. The van der Waals surface area contributed by atoms with Crippen LogP contribution in [0.2, 0.25) is 0 Å². The van der Waals surface area contributed by atoms with Crippen LogP contribution in [0.1, 0.15) is 32.8 Å². The molecule has 3 unspecified atom stereocenters. The van der Waals surface area contributed by atoms with Gasteiger partial charge >= 0.3 is 0 Å². The summed E-state index contributed by atoms with van der Waals surface area (Å²) in [5, 5.41) is 2.78. The van der Waals surface area contributed by atoms with Crippen molar-refractivity contribution in [2.24, 2.45) is 5.92 Å². The van der Waals surface area contributed by atoms with Gasteiger partial charge in [-0.1, -0.05) is 50.6 Å². The van der Waals surface area contributed by atoms with Gasteiger partial charge in [0.05, 0.1) is 0 Å². The molecule has 0 radical (unpaired) electrons. The maximum Gasteiger partial charge on any atom is 0.245 e. The largest absolute Gasteiger partial charge is 0.343 e. The maximum atomic E-state index is 12.4. The highest BCUT2D eigenvalue weighted by atomic mass is 16.2. The normalized spacial score (nSPS) is 24.4. The molecule has 0 spiro atoms. The lowest BCUT2D eigenvalue weighted by Gasteiger charge is -2.40.